The summed E-state index contributed by atoms with van der Waals surface area (Å²) in [6.07, 6.45) is 4.17. The Labute approximate surface area is 167 Å². The van der Waals surface area contributed by atoms with E-state index < -0.39 is 5.82 Å². The third kappa shape index (κ3) is 5.01. The van der Waals surface area contributed by atoms with E-state index in [1.54, 1.807) is 37.3 Å². The minimum absolute atomic E-state index is 0.00945. The van der Waals surface area contributed by atoms with Gasteiger partial charge in [0.2, 0.25) is 5.95 Å². The smallest absolute Gasteiger partial charge is 0.272 e. The van der Waals surface area contributed by atoms with Crippen molar-refractivity contribution < 1.29 is 9.18 Å². The van der Waals surface area contributed by atoms with Crippen LogP contribution in [0.15, 0.2) is 48.8 Å². The zero-order valence-electron chi connectivity index (χ0n) is 15.5. The predicted molar refractivity (Wildman–Crippen MR) is 106 cm³/mol. The number of aromatic nitrogens is 3. The molecule has 3 aromatic rings. The van der Waals surface area contributed by atoms with Crippen LogP contribution in [0, 0.1) is 12.7 Å². The van der Waals surface area contributed by atoms with Crippen LogP contribution in [0.25, 0.3) is 0 Å². The first-order valence-corrected chi connectivity index (χ1v) is 9.02. The van der Waals surface area contributed by atoms with Gasteiger partial charge in [-0.3, -0.25) is 9.78 Å². The second-order valence-corrected chi connectivity index (χ2v) is 6.71. The zero-order chi connectivity index (χ0) is 20.1. The summed E-state index contributed by atoms with van der Waals surface area (Å²) in [5.41, 5.74) is 2.54. The van der Waals surface area contributed by atoms with Crippen LogP contribution in [0.2, 0.25) is 5.02 Å². The molecule has 144 valence electrons. The molecule has 0 bridgehead atoms. The number of halogens is 2. The number of likely N-dealkylation sites (N-methyl/N-ethyl adjacent to an activating group) is 1. The molecule has 0 aliphatic carbocycles. The van der Waals surface area contributed by atoms with Crippen LogP contribution in [0.4, 0.5) is 16.0 Å². The van der Waals surface area contributed by atoms with Crippen molar-refractivity contribution in [2.45, 2.75) is 13.3 Å². The Morgan fingerprint density at radius 3 is 2.64 bits per heavy atom. The summed E-state index contributed by atoms with van der Waals surface area (Å²) in [7, 11) is 1.73. The third-order valence-electron chi connectivity index (χ3n) is 4.08. The molecule has 1 amide bonds. The van der Waals surface area contributed by atoms with Crippen LogP contribution in [0.3, 0.4) is 0 Å². The summed E-state index contributed by atoms with van der Waals surface area (Å²) in [4.78, 5) is 26.9. The first kappa shape index (κ1) is 19.7. The number of carbonyl (C=O) groups is 1. The van der Waals surface area contributed by atoms with Gasteiger partial charge in [-0.1, -0.05) is 11.6 Å². The lowest BCUT2D eigenvalue weighted by Crippen LogP contribution is -2.30. The van der Waals surface area contributed by atoms with E-state index in [0.717, 1.165) is 5.56 Å². The highest BCUT2D eigenvalue weighted by molar-refractivity contribution is 6.31. The van der Waals surface area contributed by atoms with Crippen LogP contribution in [0.5, 0.6) is 0 Å². The quantitative estimate of drug-likeness (QED) is 0.677. The number of rotatable bonds is 6. The SMILES string of the molecule is Cc1cc(C(=O)N(C)CCc2ccncc2)nc(Nc2ccc(F)c(Cl)c2)n1. The number of benzene rings is 1. The number of pyridine rings is 1. The van der Waals surface area contributed by atoms with E-state index in [-0.39, 0.29) is 22.6 Å². The zero-order valence-corrected chi connectivity index (χ0v) is 16.2. The highest BCUT2D eigenvalue weighted by Crippen LogP contribution is 2.21. The van der Waals surface area contributed by atoms with Gasteiger partial charge in [-0.25, -0.2) is 14.4 Å². The molecule has 6 nitrogen and oxygen atoms in total. The molecule has 8 heteroatoms. The van der Waals surface area contributed by atoms with Crippen molar-refractivity contribution >= 4 is 29.1 Å². The average Bonchev–Trinajstić information content (AvgIpc) is 2.68. The molecule has 1 N–H and O–H groups in total. The molecule has 0 unspecified atom stereocenters. The van der Waals surface area contributed by atoms with Crippen molar-refractivity contribution in [3.8, 4) is 0 Å². The van der Waals surface area contributed by atoms with E-state index in [0.29, 0.717) is 24.3 Å². The summed E-state index contributed by atoms with van der Waals surface area (Å²) >= 11 is 5.80. The van der Waals surface area contributed by atoms with E-state index >= 15 is 0 Å². The van der Waals surface area contributed by atoms with Crippen LogP contribution < -0.4 is 5.32 Å². The van der Waals surface area contributed by atoms with E-state index in [9.17, 15) is 9.18 Å². The van der Waals surface area contributed by atoms with Gasteiger partial charge in [0.15, 0.2) is 0 Å². The number of aryl methyl sites for hydroxylation is 1. The van der Waals surface area contributed by atoms with Crippen LogP contribution >= 0.6 is 11.6 Å². The van der Waals surface area contributed by atoms with Gasteiger partial charge < -0.3 is 10.2 Å². The summed E-state index contributed by atoms with van der Waals surface area (Å²) in [5.74, 6) is -0.475. The van der Waals surface area contributed by atoms with Crippen LogP contribution in [-0.4, -0.2) is 39.4 Å². The van der Waals surface area contributed by atoms with Crippen molar-refractivity contribution in [2.24, 2.45) is 0 Å². The summed E-state index contributed by atoms with van der Waals surface area (Å²) in [5, 5.41) is 2.94. The Morgan fingerprint density at radius 2 is 1.93 bits per heavy atom. The predicted octanol–water partition coefficient (Wildman–Crippen LogP) is 4.03. The summed E-state index contributed by atoms with van der Waals surface area (Å²) < 4.78 is 13.3. The van der Waals surface area contributed by atoms with Gasteiger partial charge in [-0.05, 0) is 55.3 Å². The number of amides is 1. The van der Waals surface area contributed by atoms with Crippen molar-refractivity contribution in [2.75, 3.05) is 18.9 Å². The Kier molecular flexibility index (Phi) is 6.16. The highest BCUT2D eigenvalue weighted by Gasteiger charge is 2.15. The van der Waals surface area contributed by atoms with Gasteiger partial charge in [0.25, 0.3) is 5.91 Å². The molecule has 0 saturated heterocycles. The van der Waals surface area contributed by atoms with Crippen LogP contribution in [0.1, 0.15) is 21.7 Å². The van der Waals surface area contributed by atoms with E-state index in [4.69, 9.17) is 11.6 Å². The Morgan fingerprint density at radius 1 is 1.18 bits per heavy atom. The van der Waals surface area contributed by atoms with Gasteiger partial charge in [-0.15, -0.1) is 0 Å². The van der Waals surface area contributed by atoms with E-state index in [2.05, 4.69) is 20.3 Å². The fraction of sp³-hybridized carbons (Fsp3) is 0.200. The van der Waals surface area contributed by atoms with E-state index in [1.807, 2.05) is 12.1 Å². The lowest BCUT2D eigenvalue weighted by Gasteiger charge is -2.17. The molecule has 28 heavy (non-hydrogen) atoms. The molecule has 2 aromatic heterocycles. The normalized spacial score (nSPS) is 10.6. The molecule has 0 spiro atoms. The highest BCUT2D eigenvalue weighted by atomic mass is 35.5. The molecule has 0 radical (unpaired) electrons. The number of hydrogen-bond acceptors (Lipinski definition) is 5. The lowest BCUT2D eigenvalue weighted by molar-refractivity contribution is 0.0790. The largest absolute Gasteiger partial charge is 0.340 e. The summed E-state index contributed by atoms with van der Waals surface area (Å²) in [6.45, 7) is 2.32. The van der Waals surface area contributed by atoms with Gasteiger partial charge in [0.05, 0.1) is 5.02 Å². The second-order valence-electron chi connectivity index (χ2n) is 6.30. The van der Waals surface area contributed by atoms with Crippen molar-refractivity contribution in [3.05, 3.63) is 76.6 Å². The standard InChI is InChI=1S/C20H19ClFN5O/c1-13-11-18(19(28)27(2)10-7-14-5-8-23-9-6-14)26-20(24-13)25-15-3-4-17(22)16(21)12-15/h3-6,8-9,11-12H,7,10H2,1-2H3,(H,24,25,26). The monoisotopic (exact) mass is 399 g/mol. The number of carbonyl (C=O) groups excluding carboxylic acids is 1. The number of nitrogens with one attached hydrogen (secondary N) is 1. The molecular weight excluding hydrogens is 381 g/mol. The van der Waals surface area contributed by atoms with E-state index in [1.165, 1.54) is 18.2 Å². The Balaban J connectivity index is 1.72. The van der Waals surface area contributed by atoms with Crippen molar-refractivity contribution in [3.63, 3.8) is 0 Å². The molecule has 2 heterocycles. The minimum atomic E-state index is -0.510. The van der Waals surface area contributed by atoms with Crippen molar-refractivity contribution in [1.82, 2.24) is 19.9 Å². The number of anilines is 2. The fourth-order valence-electron chi connectivity index (χ4n) is 2.58. The maximum atomic E-state index is 13.3. The molecule has 1 aromatic carbocycles. The van der Waals surface area contributed by atoms with Gasteiger partial charge in [-0.2, -0.15) is 0 Å². The number of nitrogens with zero attached hydrogens (tertiary/aromatic N) is 4. The molecule has 0 fully saturated rings. The maximum absolute atomic E-state index is 13.3. The second kappa shape index (κ2) is 8.75. The molecule has 3 rings (SSSR count). The number of hydrogen-bond donors (Lipinski definition) is 1. The van der Waals surface area contributed by atoms with Gasteiger partial charge >= 0.3 is 0 Å². The Hall–Kier alpha value is -3.06. The van der Waals surface area contributed by atoms with Gasteiger partial charge in [0.1, 0.15) is 11.5 Å². The third-order valence-corrected chi connectivity index (χ3v) is 4.37. The first-order valence-electron chi connectivity index (χ1n) is 8.64. The summed E-state index contributed by atoms with van der Waals surface area (Å²) in [6, 6.07) is 9.68. The first-order chi connectivity index (χ1) is 13.4. The molecule has 0 aliphatic rings. The molecule has 0 saturated carbocycles. The Bertz CT molecular complexity index is 984. The topological polar surface area (TPSA) is 71.0 Å². The maximum Gasteiger partial charge on any atom is 0.272 e. The molecule has 0 aliphatic heterocycles. The minimum Gasteiger partial charge on any atom is -0.340 e. The molecule has 0 atom stereocenters. The van der Waals surface area contributed by atoms with Gasteiger partial charge in [0, 0.05) is 37.4 Å². The van der Waals surface area contributed by atoms with Crippen molar-refractivity contribution in [1.29, 1.82) is 0 Å². The molecular formula is C20H19ClFN5O. The van der Waals surface area contributed by atoms with Crippen LogP contribution in [-0.2, 0) is 6.42 Å². The average molecular weight is 400 g/mol. The lowest BCUT2D eigenvalue weighted by atomic mass is 10.2. The fourth-order valence-corrected chi connectivity index (χ4v) is 2.76.